The number of nitrogens with zero attached hydrogens (tertiary/aromatic N) is 1. The zero-order valence-corrected chi connectivity index (χ0v) is 10.5. The molecular weight excluding hydrogens is 230 g/mol. The molecule has 0 aliphatic carbocycles. The van der Waals surface area contributed by atoms with E-state index >= 15 is 0 Å². The van der Waals surface area contributed by atoms with Crippen molar-refractivity contribution in [3.8, 4) is 0 Å². The minimum atomic E-state index is -0.381. The number of esters is 1. The normalized spacial score (nSPS) is 10.6. The van der Waals surface area contributed by atoms with Gasteiger partial charge in [0.25, 0.3) is 0 Å². The average molecular weight is 245 g/mol. The Labute approximate surface area is 105 Å². The third kappa shape index (κ3) is 1.90. The number of aromatic nitrogens is 1. The Morgan fingerprint density at radius 2 is 2.11 bits per heavy atom. The van der Waals surface area contributed by atoms with Crippen molar-refractivity contribution in [2.75, 3.05) is 6.61 Å². The van der Waals surface area contributed by atoms with Gasteiger partial charge in [0.1, 0.15) is 12.0 Å². The van der Waals surface area contributed by atoms with Crippen LogP contribution < -0.4 is 0 Å². The van der Waals surface area contributed by atoms with Crippen molar-refractivity contribution in [3.05, 3.63) is 35.5 Å². The molecule has 0 spiro atoms. The molecular formula is C14H15NO3. The van der Waals surface area contributed by atoms with Crippen molar-refractivity contribution >= 4 is 23.2 Å². The molecule has 1 aromatic heterocycles. The zero-order valence-electron chi connectivity index (χ0n) is 10.5. The quantitative estimate of drug-likeness (QED) is 0.612. The number of aryl methyl sites for hydroxylation is 1. The molecule has 0 aliphatic heterocycles. The van der Waals surface area contributed by atoms with E-state index in [1.807, 2.05) is 31.3 Å². The largest absolute Gasteiger partial charge is 0.461 e. The van der Waals surface area contributed by atoms with E-state index in [4.69, 9.17) is 4.74 Å². The Morgan fingerprint density at radius 1 is 1.39 bits per heavy atom. The highest BCUT2D eigenvalue weighted by Gasteiger charge is 2.21. The van der Waals surface area contributed by atoms with E-state index < -0.39 is 0 Å². The van der Waals surface area contributed by atoms with Gasteiger partial charge in [-0.25, -0.2) is 4.79 Å². The Hall–Kier alpha value is -2.10. The number of benzene rings is 1. The molecule has 1 heterocycles. The second-order valence-corrected chi connectivity index (χ2v) is 3.99. The van der Waals surface area contributed by atoms with Gasteiger partial charge in [0.15, 0.2) is 0 Å². The van der Waals surface area contributed by atoms with E-state index in [-0.39, 0.29) is 12.4 Å². The lowest BCUT2D eigenvalue weighted by atomic mass is 10.1. The topological polar surface area (TPSA) is 48.3 Å². The van der Waals surface area contributed by atoms with Crippen molar-refractivity contribution in [1.29, 1.82) is 0 Å². The van der Waals surface area contributed by atoms with Crippen LogP contribution in [0.3, 0.4) is 0 Å². The van der Waals surface area contributed by atoms with Gasteiger partial charge in [0.05, 0.1) is 6.61 Å². The van der Waals surface area contributed by atoms with Crippen LogP contribution in [0.2, 0.25) is 0 Å². The lowest BCUT2D eigenvalue weighted by molar-refractivity contribution is -0.107. The Morgan fingerprint density at radius 3 is 2.78 bits per heavy atom. The molecule has 18 heavy (non-hydrogen) atoms. The van der Waals surface area contributed by atoms with Crippen molar-refractivity contribution in [2.45, 2.75) is 13.3 Å². The molecule has 0 saturated carbocycles. The second-order valence-electron chi connectivity index (χ2n) is 3.99. The van der Waals surface area contributed by atoms with Crippen LogP contribution in [0, 0.1) is 0 Å². The molecule has 0 amide bonds. The van der Waals surface area contributed by atoms with Crippen molar-refractivity contribution in [2.24, 2.45) is 7.05 Å². The number of ether oxygens (including phenoxy) is 1. The summed E-state index contributed by atoms with van der Waals surface area (Å²) in [5.74, 6) is -0.381. The lowest BCUT2D eigenvalue weighted by Gasteiger charge is -2.05. The van der Waals surface area contributed by atoms with Crippen LogP contribution in [-0.2, 0) is 23.0 Å². The fourth-order valence-electron chi connectivity index (χ4n) is 2.22. The molecule has 0 N–H and O–H groups in total. The number of hydrogen-bond acceptors (Lipinski definition) is 3. The van der Waals surface area contributed by atoms with Crippen molar-refractivity contribution < 1.29 is 14.3 Å². The van der Waals surface area contributed by atoms with Gasteiger partial charge in [0.2, 0.25) is 0 Å². The smallest absolute Gasteiger partial charge is 0.355 e. The third-order valence-corrected chi connectivity index (χ3v) is 2.97. The average Bonchev–Trinajstić information content (AvgIpc) is 2.65. The minimum absolute atomic E-state index is 0.218. The molecule has 2 aromatic rings. The van der Waals surface area contributed by atoms with E-state index in [1.54, 1.807) is 11.5 Å². The van der Waals surface area contributed by atoms with Gasteiger partial charge in [0, 0.05) is 24.4 Å². The number of carbonyl (C=O) groups is 2. The van der Waals surface area contributed by atoms with Crippen LogP contribution in [0.5, 0.6) is 0 Å². The van der Waals surface area contributed by atoms with Crippen LogP contribution in [0.25, 0.3) is 10.9 Å². The number of aldehydes is 1. The number of carbonyl (C=O) groups excluding carboxylic acids is 2. The summed E-state index contributed by atoms with van der Waals surface area (Å²) in [5.41, 5.74) is 2.13. The first-order valence-electron chi connectivity index (χ1n) is 5.87. The Kier molecular flexibility index (Phi) is 3.46. The van der Waals surface area contributed by atoms with E-state index in [0.717, 1.165) is 22.8 Å². The van der Waals surface area contributed by atoms with Crippen LogP contribution in [-0.4, -0.2) is 23.4 Å². The maximum absolute atomic E-state index is 12.0. The first-order valence-corrected chi connectivity index (χ1v) is 5.87. The number of rotatable bonds is 4. The molecule has 0 bridgehead atoms. The van der Waals surface area contributed by atoms with Crippen molar-refractivity contribution in [1.82, 2.24) is 4.57 Å². The van der Waals surface area contributed by atoms with E-state index in [0.29, 0.717) is 12.3 Å². The highest BCUT2D eigenvalue weighted by Crippen LogP contribution is 2.26. The minimum Gasteiger partial charge on any atom is -0.461 e. The SMILES string of the molecule is CCOC(=O)c1c(CC=O)c2ccccc2n1C. The summed E-state index contributed by atoms with van der Waals surface area (Å²) in [5, 5.41) is 0.926. The fourth-order valence-corrected chi connectivity index (χ4v) is 2.22. The van der Waals surface area contributed by atoms with Crippen LogP contribution in [0.4, 0.5) is 0 Å². The summed E-state index contributed by atoms with van der Waals surface area (Å²) in [4.78, 5) is 22.8. The molecule has 0 aliphatic rings. The van der Waals surface area contributed by atoms with Gasteiger partial charge < -0.3 is 14.1 Å². The number of hydrogen-bond donors (Lipinski definition) is 0. The number of fused-ring (bicyclic) bond motifs is 1. The molecule has 0 fully saturated rings. The lowest BCUT2D eigenvalue weighted by Crippen LogP contribution is -2.12. The van der Waals surface area contributed by atoms with Gasteiger partial charge >= 0.3 is 5.97 Å². The maximum Gasteiger partial charge on any atom is 0.355 e. The summed E-state index contributed by atoms with van der Waals surface area (Å²) < 4.78 is 6.83. The zero-order chi connectivity index (χ0) is 13.1. The predicted molar refractivity (Wildman–Crippen MR) is 68.6 cm³/mol. The van der Waals surface area contributed by atoms with Gasteiger partial charge in [-0.2, -0.15) is 0 Å². The van der Waals surface area contributed by atoms with Gasteiger partial charge in [-0.15, -0.1) is 0 Å². The first kappa shape index (κ1) is 12.4. The standard InChI is InChI=1S/C14H15NO3/c1-3-18-14(17)13-11(8-9-16)10-6-4-5-7-12(10)15(13)2/h4-7,9H,3,8H2,1-2H3. The molecule has 4 heteroatoms. The fraction of sp³-hybridized carbons (Fsp3) is 0.286. The maximum atomic E-state index is 12.0. The Balaban J connectivity index is 2.69. The molecule has 2 rings (SSSR count). The number of para-hydroxylation sites is 1. The highest BCUT2D eigenvalue weighted by molar-refractivity contribution is 6.00. The van der Waals surface area contributed by atoms with Crippen molar-refractivity contribution in [3.63, 3.8) is 0 Å². The summed E-state index contributed by atoms with van der Waals surface area (Å²) in [6.07, 6.45) is 1.03. The molecule has 0 radical (unpaired) electrons. The van der Waals surface area contributed by atoms with E-state index in [2.05, 4.69) is 0 Å². The van der Waals surface area contributed by atoms with E-state index in [1.165, 1.54) is 0 Å². The monoisotopic (exact) mass is 245 g/mol. The highest BCUT2D eigenvalue weighted by atomic mass is 16.5. The third-order valence-electron chi connectivity index (χ3n) is 2.97. The Bertz CT molecular complexity index is 598. The summed E-state index contributed by atoms with van der Waals surface area (Å²) in [6.45, 7) is 2.08. The molecule has 0 atom stereocenters. The van der Waals surface area contributed by atoms with Gasteiger partial charge in [-0.1, -0.05) is 18.2 Å². The summed E-state index contributed by atoms with van der Waals surface area (Å²) >= 11 is 0. The molecule has 0 saturated heterocycles. The first-order chi connectivity index (χ1) is 8.70. The molecule has 4 nitrogen and oxygen atoms in total. The molecule has 1 aromatic carbocycles. The second kappa shape index (κ2) is 5.04. The van der Waals surface area contributed by atoms with Crippen LogP contribution >= 0.6 is 0 Å². The van der Waals surface area contributed by atoms with E-state index in [9.17, 15) is 9.59 Å². The van der Waals surface area contributed by atoms with Gasteiger partial charge in [-0.3, -0.25) is 0 Å². The molecule has 0 unspecified atom stereocenters. The van der Waals surface area contributed by atoms with Crippen LogP contribution in [0.15, 0.2) is 24.3 Å². The summed E-state index contributed by atoms with van der Waals surface area (Å²) in [7, 11) is 1.81. The van der Waals surface area contributed by atoms with Gasteiger partial charge in [-0.05, 0) is 18.6 Å². The summed E-state index contributed by atoms with van der Waals surface area (Å²) in [6, 6.07) is 7.64. The van der Waals surface area contributed by atoms with Crippen LogP contribution in [0.1, 0.15) is 23.0 Å². The predicted octanol–water partition coefficient (Wildman–Crippen LogP) is 2.10. The molecule has 94 valence electrons.